The van der Waals surface area contributed by atoms with Crippen molar-refractivity contribution in [1.29, 1.82) is 0 Å². The average molecular weight is 211 g/mol. The number of carbonyl (C=O) groups is 1. The van der Waals surface area contributed by atoms with Gasteiger partial charge in [-0.1, -0.05) is 0 Å². The van der Waals surface area contributed by atoms with Crippen LogP contribution in [0, 0.1) is 0 Å². The van der Waals surface area contributed by atoms with Crippen molar-refractivity contribution < 1.29 is 9.90 Å². The Balaban J connectivity index is 2.51. The van der Waals surface area contributed by atoms with Crippen LogP contribution in [0.4, 0.5) is 0 Å². The minimum absolute atomic E-state index is 0.221. The maximum Gasteiger partial charge on any atom is 0.329 e. The predicted molar refractivity (Wildman–Crippen MR) is 55.6 cm³/mol. The molecule has 0 aromatic carbocycles. The first-order valence-electron chi connectivity index (χ1n) is 4.62. The number of hydrogen-bond acceptors (Lipinski definition) is 3. The molecular weight excluding hydrogens is 198 g/mol. The summed E-state index contributed by atoms with van der Waals surface area (Å²) < 4.78 is 0. The highest BCUT2D eigenvalue weighted by Crippen LogP contribution is 2.34. The number of rotatable bonds is 1. The summed E-state index contributed by atoms with van der Waals surface area (Å²) in [7, 11) is 0. The number of fused-ring (bicyclic) bond motifs is 1. The molecule has 3 nitrogen and oxygen atoms in total. The van der Waals surface area contributed by atoms with Gasteiger partial charge in [-0.05, 0) is 37.3 Å². The summed E-state index contributed by atoms with van der Waals surface area (Å²) in [4.78, 5) is 12.2. The van der Waals surface area contributed by atoms with Crippen LogP contribution >= 0.6 is 11.3 Å². The molecule has 1 aliphatic rings. The molecule has 0 aliphatic carbocycles. The lowest BCUT2D eigenvalue weighted by Crippen LogP contribution is -2.53. The Kier molecular flexibility index (Phi) is 2.12. The Bertz CT molecular complexity index is 374. The lowest BCUT2D eigenvalue weighted by Gasteiger charge is -2.34. The SMILES string of the molecule is C[C@H]1Cc2ccsc2[C@@](C)(C(=O)O)N1. The second-order valence-corrected chi connectivity index (χ2v) is 4.87. The summed E-state index contributed by atoms with van der Waals surface area (Å²) in [6, 6.07) is 2.25. The van der Waals surface area contributed by atoms with Crippen LogP contribution in [0.1, 0.15) is 24.3 Å². The van der Waals surface area contributed by atoms with Crippen molar-refractivity contribution in [3.63, 3.8) is 0 Å². The molecule has 0 amide bonds. The minimum Gasteiger partial charge on any atom is -0.480 e. The van der Waals surface area contributed by atoms with Crippen LogP contribution in [0.5, 0.6) is 0 Å². The Morgan fingerprint density at radius 1 is 1.79 bits per heavy atom. The standard InChI is InChI=1S/C10H13NO2S/c1-6-5-7-3-4-14-8(7)10(2,11-6)9(12)13/h3-4,6,11H,5H2,1-2H3,(H,12,13)/t6-,10-/m0/s1. The van der Waals surface area contributed by atoms with E-state index < -0.39 is 11.5 Å². The van der Waals surface area contributed by atoms with E-state index in [0.29, 0.717) is 0 Å². The van der Waals surface area contributed by atoms with Gasteiger partial charge in [0.05, 0.1) is 0 Å². The van der Waals surface area contributed by atoms with Crippen LogP contribution in [0.15, 0.2) is 11.4 Å². The number of nitrogens with one attached hydrogen (secondary N) is 1. The first-order chi connectivity index (χ1) is 6.54. The van der Waals surface area contributed by atoms with Gasteiger partial charge in [0.1, 0.15) is 5.54 Å². The lowest BCUT2D eigenvalue weighted by molar-refractivity contribution is -0.145. The Morgan fingerprint density at radius 2 is 2.50 bits per heavy atom. The van der Waals surface area contributed by atoms with E-state index in [2.05, 4.69) is 5.32 Å². The Hall–Kier alpha value is -0.870. The molecule has 0 radical (unpaired) electrons. The molecule has 1 aromatic heterocycles. The lowest BCUT2D eigenvalue weighted by atomic mass is 9.88. The van der Waals surface area contributed by atoms with Gasteiger partial charge in [0.2, 0.25) is 0 Å². The monoisotopic (exact) mass is 211 g/mol. The summed E-state index contributed by atoms with van der Waals surface area (Å²) in [5.41, 5.74) is 0.271. The summed E-state index contributed by atoms with van der Waals surface area (Å²) in [6.07, 6.45) is 0.918. The van der Waals surface area contributed by atoms with Crippen LogP contribution in [0.3, 0.4) is 0 Å². The van der Waals surface area contributed by atoms with Crippen molar-refractivity contribution in [2.24, 2.45) is 0 Å². The largest absolute Gasteiger partial charge is 0.480 e. The van der Waals surface area contributed by atoms with Gasteiger partial charge in [-0.25, -0.2) is 4.79 Å². The van der Waals surface area contributed by atoms with Gasteiger partial charge in [0.25, 0.3) is 0 Å². The van der Waals surface area contributed by atoms with Crippen molar-refractivity contribution in [3.8, 4) is 0 Å². The van der Waals surface area contributed by atoms with E-state index in [-0.39, 0.29) is 6.04 Å². The van der Waals surface area contributed by atoms with Crippen molar-refractivity contribution in [3.05, 3.63) is 21.9 Å². The molecule has 0 saturated carbocycles. The molecule has 1 aromatic rings. The number of hydrogen-bond donors (Lipinski definition) is 2. The smallest absolute Gasteiger partial charge is 0.329 e. The van der Waals surface area contributed by atoms with Crippen molar-refractivity contribution in [1.82, 2.24) is 5.32 Å². The van der Waals surface area contributed by atoms with Crippen LogP contribution in [-0.4, -0.2) is 17.1 Å². The van der Waals surface area contributed by atoms with Gasteiger partial charge in [-0.3, -0.25) is 5.32 Å². The molecule has 4 heteroatoms. The van der Waals surface area contributed by atoms with Gasteiger partial charge >= 0.3 is 5.97 Å². The maximum atomic E-state index is 11.2. The van der Waals surface area contributed by atoms with Crippen LogP contribution < -0.4 is 5.32 Å². The third kappa shape index (κ3) is 1.26. The Labute approximate surface area is 86.8 Å². The number of carboxylic acid groups (broad SMARTS) is 1. The molecule has 0 spiro atoms. The molecule has 0 unspecified atom stereocenters. The molecule has 2 N–H and O–H groups in total. The van der Waals surface area contributed by atoms with E-state index in [4.69, 9.17) is 0 Å². The molecule has 2 heterocycles. The predicted octanol–water partition coefficient (Wildman–Crippen LogP) is 1.58. The van der Waals surface area contributed by atoms with E-state index >= 15 is 0 Å². The fraction of sp³-hybridized carbons (Fsp3) is 0.500. The molecule has 0 bridgehead atoms. The van der Waals surface area contributed by atoms with Crippen LogP contribution in [0.2, 0.25) is 0 Å². The minimum atomic E-state index is -0.902. The van der Waals surface area contributed by atoms with Crippen molar-refractivity contribution in [2.75, 3.05) is 0 Å². The van der Waals surface area contributed by atoms with Gasteiger partial charge < -0.3 is 5.11 Å². The zero-order chi connectivity index (χ0) is 10.3. The van der Waals surface area contributed by atoms with E-state index in [1.165, 1.54) is 16.9 Å². The van der Waals surface area contributed by atoms with Gasteiger partial charge in [-0.2, -0.15) is 0 Å². The summed E-state index contributed by atoms with van der Waals surface area (Å²) in [5, 5.41) is 14.3. The normalized spacial score (nSPS) is 31.1. The molecule has 0 saturated heterocycles. The van der Waals surface area contributed by atoms with Crippen LogP contribution in [-0.2, 0) is 16.8 Å². The topological polar surface area (TPSA) is 49.3 Å². The molecule has 1 aliphatic heterocycles. The average Bonchev–Trinajstić information content (AvgIpc) is 2.51. The quantitative estimate of drug-likeness (QED) is 0.741. The summed E-state index contributed by atoms with van der Waals surface area (Å²) >= 11 is 1.52. The Morgan fingerprint density at radius 3 is 3.14 bits per heavy atom. The molecule has 2 atom stereocenters. The zero-order valence-corrected chi connectivity index (χ0v) is 9.02. The summed E-state index contributed by atoms with van der Waals surface area (Å²) in [6.45, 7) is 3.75. The van der Waals surface area contributed by atoms with E-state index in [9.17, 15) is 9.90 Å². The number of thiophene rings is 1. The molecule has 14 heavy (non-hydrogen) atoms. The maximum absolute atomic E-state index is 11.2. The van der Waals surface area contributed by atoms with Gasteiger partial charge in [0.15, 0.2) is 0 Å². The molecule has 2 rings (SSSR count). The second-order valence-electron chi connectivity index (χ2n) is 3.95. The van der Waals surface area contributed by atoms with Gasteiger partial charge in [0, 0.05) is 10.9 Å². The van der Waals surface area contributed by atoms with Crippen molar-refractivity contribution >= 4 is 17.3 Å². The fourth-order valence-electron chi connectivity index (χ4n) is 2.03. The summed E-state index contributed by atoms with van der Waals surface area (Å²) in [5.74, 6) is -0.798. The number of carboxylic acids is 1. The fourth-order valence-corrected chi connectivity index (χ4v) is 3.09. The first-order valence-corrected chi connectivity index (χ1v) is 5.50. The molecular formula is C10H13NO2S. The van der Waals surface area contributed by atoms with E-state index in [1.807, 2.05) is 18.4 Å². The second kappa shape index (κ2) is 3.07. The molecule has 76 valence electrons. The third-order valence-electron chi connectivity index (χ3n) is 2.69. The molecule has 0 fully saturated rings. The van der Waals surface area contributed by atoms with E-state index in [0.717, 1.165) is 11.3 Å². The van der Waals surface area contributed by atoms with E-state index in [1.54, 1.807) is 6.92 Å². The van der Waals surface area contributed by atoms with Gasteiger partial charge in [-0.15, -0.1) is 11.3 Å². The van der Waals surface area contributed by atoms with Crippen molar-refractivity contribution in [2.45, 2.75) is 31.8 Å². The third-order valence-corrected chi connectivity index (χ3v) is 3.87. The number of aliphatic carboxylic acids is 1. The highest BCUT2D eigenvalue weighted by molar-refractivity contribution is 7.10. The zero-order valence-electron chi connectivity index (χ0n) is 8.20. The highest BCUT2D eigenvalue weighted by atomic mass is 32.1. The first kappa shape index (κ1) is 9.68. The highest BCUT2D eigenvalue weighted by Gasteiger charge is 2.42. The van der Waals surface area contributed by atoms with Crippen LogP contribution in [0.25, 0.3) is 0 Å².